The zero-order valence-corrected chi connectivity index (χ0v) is 11.7. The quantitative estimate of drug-likeness (QED) is 0.642. The molecule has 2 N–H and O–H groups in total. The van der Waals surface area contributed by atoms with E-state index in [1.165, 1.54) is 4.68 Å². The minimum atomic E-state index is -0.492. The number of nitrogens with zero attached hydrogens (tertiary/aromatic N) is 3. The van der Waals surface area contributed by atoms with E-state index in [0.29, 0.717) is 11.4 Å². The Morgan fingerprint density at radius 2 is 2.00 bits per heavy atom. The maximum absolute atomic E-state index is 11.8. The minimum Gasteiger partial charge on any atom is -0.299 e. The summed E-state index contributed by atoms with van der Waals surface area (Å²) < 4.78 is 1.31. The number of aromatic nitrogens is 2. The number of anilines is 1. The number of amides is 1. The highest BCUT2D eigenvalue weighted by molar-refractivity contribution is 5.77. The van der Waals surface area contributed by atoms with E-state index in [2.05, 4.69) is 16.0 Å². The van der Waals surface area contributed by atoms with Gasteiger partial charge in [-0.25, -0.2) is 0 Å². The van der Waals surface area contributed by atoms with Gasteiger partial charge >= 0.3 is 5.69 Å². The Labute approximate surface area is 120 Å². The Bertz CT molecular complexity index is 666. The molecule has 0 aliphatic rings. The van der Waals surface area contributed by atoms with Crippen LogP contribution >= 0.6 is 0 Å². The Morgan fingerprint density at radius 1 is 1.33 bits per heavy atom. The molecular weight excluding hydrogens is 274 g/mol. The molecule has 1 aromatic carbocycles. The monoisotopic (exact) mass is 289 g/mol. The van der Waals surface area contributed by atoms with E-state index in [4.69, 9.17) is 0 Å². The van der Waals surface area contributed by atoms with Crippen LogP contribution < -0.4 is 10.9 Å². The lowest BCUT2D eigenvalue weighted by Crippen LogP contribution is -2.33. The number of nitrogens with one attached hydrogen (secondary N) is 2. The van der Waals surface area contributed by atoms with Gasteiger partial charge in [-0.3, -0.25) is 30.4 Å². The molecule has 0 fully saturated rings. The third-order valence-electron chi connectivity index (χ3n) is 2.94. The third-order valence-corrected chi connectivity index (χ3v) is 2.94. The van der Waals surface area contributed by atoms with Gasteiger partial charge in [-0.05, 0) is 26.0 Å². The van der Waals surface area contributed by atoms with E-state index >= 15 is 0 Å². The second-order valence-electron chi connectivity index (χ2n) is 4.47. The van der Waals surface area contributed by atoms with Gasteiger partial charge in [0.2, 0.25) is 0 Å². The summed E-state index contributed by atoms with van der Waals surface area (Å²) in [5.74, 6) is -0.348. The van der Waals surface area contributed by atoms with Crippen LogP contribution in [-0.4, -0.2) is 20.6 Å². The summed E-state index contributed by atoms with van der Waals surface area (Å²) in [6.07, 6.45) is 0. The number of hydrogen-bond donors (Lipinski definition) is 2. The van der Waals surface area contributed by atoms with E-state index in [1.807, 2.05) is 18.2 Å². The number of aryl methyl sites for hydroxylation is 1. The Hall–Kier alpha value is -2.90. The second kappa shape index (κ2) is 6.04. The van der Waals surface area contributed by atoms with Crippen molar-refractivity contribution in [3.8, 4) is 0 Å². The fraction of sp³-hybridized carbons (Fsp3) is 0.231. The molecule has 0 saturated heterocycles. The molecule has 2 rings (SSSR count). The molecule has 1 aromatic heterocycles. The SMILES string of the molecule is Cc1nn(CC(=O)NNc2ccccc2)c(C)c1[N+](=O)[O-]. The van der Waals surface area contributed by atoms with Crippen LogP contribution in [0.4, 0.5) is 11.4 Å². The Balaban J connectivity index is 2.00. The normalized spacial score (nSPS) is 10.2. The standard InChI is InChI=1S/C13H15N5O3/c1-9-13(18(20)21)10(2)17(16-9)8-12(19)15-14-11-6-4-3-5-7-11/h3-7,14H,8H2,1-2H3,(H,15,19). The number of carbonyl (C=O) groups excluding carboxylic acids is 1. The molecular formula is C13H15N5O3. The average molecular weight is 289 g/mol. The molecule has 1 heterocycles. The van der Waals surface area contributed by atoms with Crippen LogP contribution in [0.2, 0.25) is 0 Å². The average Bonchev–Trinajstić information content (AvgIpc) is 2.72. The van der Waals surface area contributed by atoms with Crippen LogP contribution in [-0.2, 0) is 11.3 Å². The van der Waals surface area contributed by atoms with E-state index < -0.39 is 4.92 Å². The van der Waals surface area contributed by atoms with Gasteiger partial charge in [0.25, 0.3) is 5.91 Å². The fourth-order valence-corrected chi connectivity index (χ4v) is 1.94. The zero-order valence-electron chi connectivity index (χ0n) is 11.7. The van der Waals surface area contributed by atoms with Crippen molar-refractivity contribution in [1.29, 1.82) is 0 Å². The summed E-state index contributed by atoms with van der Waals surface area (Å²) in [5, 5.41) is 14.9. The van der Waals surface area contributed by atoms with E-state index in [9.17, 15) is 14.9 Å². The second-order valence-corrected chi connectivity index (χ2v) is 4.47. The van der Waals surface area contributed by atoms with Crippen LogP contribution in [0, 0.1) is 24.0 Å². The fourth-order valence-electron chi connectivity index (χ4n) is 1.94. The highest BCUT2D eigenvalue weighted by Crippen LogP contribution is 2.21. The molecule has 0 aliphatic heterocycles. The number of hydrogen-bond acceptors (Lipinski definition) is 5. The summed E-state index contributed by atoms with van der Waals surface area (Å²) >= 11 is 0. The van der Waals surface area contributed by atoms with Crippen molar-refractivity contribution in [3.63, 3.8) is 0 Å². The molecule has 1 amide bonds. The van der Waals surface area contributed by atoms with Crippen LogP contribution in [0.5, 0.6) is 0 Å². The third kappa shape index (κ3) is 3.35. The number of nitro groups is 1. The number of carbonyl (C=O) groups is 1. The van der Waals surface area contributed by atoms with E-state index in [1.54, 1.807) is 26.0 Å². The van der Waals surface area contributed by atoms with Gasteiger partial charge in [0, 0.05) is 0 Å². The highest BCUT2D eigenvalue weighted by atomic mass is 16.6. The first-order valence-electron chi connectivity index (χ1n) is 6.27. The van der Waals surface area contributed by atoms with Gasteiger partial charge in [0.1, 0.15) is 17.9 Å². The lowest BCUT2D eigenvalue weighted by Gasteiger charge is -2.08. The van der Waals surface area contributed by atoms with Gasteiger partial charge in [-0.1, -0.05) is 18.2 Å². The molecule has 0 atom stereocenters. The van der Waals surface area contributed by atoms with Crippen molar-refractivity contribution in [2.75, 3.05) is 5.43 Å². The number of hydrazine groups is 1. The molecule has 8 heteroatoms. The molecule has 0 bridgehead atoms. The topological polar surface area (TPSA) is 102 Å². The molecule has 0 aliphatic carbocycles. The smallest absolute Gasteiger partial charge is 0.299 e. The van der Waals surface area contributed by atoms with Crippen LogP contribution in [0.1, 0.15) is 11.4 Å². The maximum Gasteiger partial charge on any atom is 0.312 e. The molecule has 0 spiro atoms. The van der Waals surface area contributed by atoms with Crippen molar-refractivity contribution in [1.82, 2.24) is 15.2 Å². The Morgan fingerprint density at radius 3 is 2.57 bits per heavy atom. The summed E-state index contributed by atoms with van der Waals surface area (Å²) in [6, 6.07) is 9.13. The summed E-state index contributed by atoms with van der Waals surface area (Å²) in [4.78, 5) is 22.2. The molecule has 2 aromatic rings. The van der Waals surface area contributed by atoms with Gasteiger partial charge in [-0.15, -0.1) is 0 Å². The van der Waals surface area contributed by atoms with Crippen LogP contribution in [0.15, 0.2) is 30.3 Å². The highest BCUT2D eigenvalue weighted by Gasteiger charge is 2.22. The largest absolute Gasteiger partial charge is 0.312 e. The zero-order chi connectivity index (χ0) is 15.4. The van der Waals surface area contributed by atoms with Crippen molar-refractivity contribution in [2.45, 2.75) is 20.4 Å². The first-order valence-corrected chi connectivity index (χ1v) is 6.27. The molecule has 0 saturated carbocycles. The van der Waals surface area contributed by atoms with Crippen molar-refractivity contribution >= 4 is 17.3 Å². The molecule has 0 radical (unpaired) electrons. The molecule has 8 nitrogen and oxygen atoms in total. The van der Waals surface area contributed by atoms with Crippen molar-refractivity contribution < 1.29 is 9.72 Å². The van der Waals surface area contributed by atoms with Gasteiger partial charge < -0.3 is 0 Å². The maximum atomic E-state index is 11.8. The number of rotatable bonds is 5. The van der Waals surface area contributed by atoms with E-state index in [0.717, 1.165) is 5.69 Å². The Kier molecular flexibility index (Phi) is 4.17. The van der Waals surface area contributed by atoms with E-state index in [-0.39, 0.29) is 18.1 Å². The predicted molar refractivity (Wildman–Crippen MR) is 76.6 cm³/mol. The van der Waals surface area contributed by atoms with Crippen molar-refractivity contribution in [2.24, 2.45) is 0 Å². The molecule has 0 unspecified atom stereocenters. The van der Waals surface area contributed by atoms with Gasteiger partial charge in [0.15, 0.2) is 0 Å². The first-order chi connectivity index (χ1) is 9.99. The molecule has 21 heavy (non-hydrogen) atoms. The van der Waals surface area contributed by atoms with Crippen LogP contribution in [0.25, 0.3) is 0 Å². The summed E-state index contributed by atoms with van der Waals surface area (Å²) in [7, 11) is 0. The van der Waals surface area contributed by atoms with Gasteiger partial charge in [0.05, 0.1) is 10.6 Å². The lowest BCUT2D eigenvalue weighted by atomic mass is 10.3. The predicted octanol–water partition coefficient (Wildman–Crippen LogP) is 1.55. The first kappa shape index (κ1) is 14.5. The van der Waals surface area contributed by atoms with Gasteiger partial charge in [-0.2, -0.15) is 5.10 Å². The number of benzene rings is 1. The minimum absolute atomic E-state index is 0.0566. The lowest BCUT2D eigenvalue weighted by molar-refractivity contribution is -0.386. The number of para-hydroxylation sites is 1. The van der Waals surface area contributed by atoms with Crippen molar-refractivity contribution in [3.05, 3.63) is 51.8 Å². The van der Waals surface area contributed by atoms with Crippen LogP contribution in [0.3, 0.4) is 0 Å². The summed E-state index contributed by atoms with van der Waals surface area (Å²) in [5.41, 5.74) is 6.60. The summed E-state index contributed by atoms with van der Waals surface area (Å²) in [6.45, 7) is 3.01. The molecule has 110 valence electrons.